The van der Waals surface area contributed by atoms with Gasteiger partial charge in [0.1, 0.15) is 11.9 Å². The third kappa shape index (κ3) is 3.54. The van der Waals surface area contributed by atoms with Crippen LogP contribution in [0.5, 0.6) is 0 Å². The highest BCUT2D eigenvalue weighted by Crippen LogP contribution is 2.26. The number of para-hydroxylation sites is 1. The van der Waals surface area contributed by atoms with E-state index in [1.165, 1.54) is 15.9 Å². The molecule has 0 spiro atoms. The van der Waals surface area contributed by atoms with E-state index in [-0.39, 0.29) is 36.0 Å². The molecule has 2 unspecified atom stereocenters. The summed E-state index contributed by atoms with van der Waals surface area (Å²) in [4.78, 5) is 28.2. The number of likely N-dealkylation sites (N-methyl/N-ethyl adjacent to an activating group) is 1. The number of carbonyl (C=O) groups excluding carboxylic acids is 2. The number of benzene rings is 1. The maximum atomic E-state index is 13.9. The van der Waals surface area contributed by atoms with Gasteiger partial charge in [-0.2, -0.15) is 0 Å². The predicted molar refractivity (Wildman–Crippen MR) is 92.8 cm³/mol. The fourth-order valence-corrected chi connectivity index (χ4v) is 3.40. The van der Waals surface area contributed by atoms with E-state index >= 15 is 0 Å². The molecule has 0 saturated carbocycles. The van der Waals surface area contributed by atoms with Crippen LogP contribution < -0.4 is 10.2 Å². The van der Waals surface area contributed by atoms with Crippen LogP contribution in [0, 0.1) is 5.82 Å². The zero-order valence-electron chi connectivity index (χ0n) is 13.7. The molecule has 0 radical (unpaired) electrons. The average Bonchev–Trinajstić information content (AvgIpc) is 2.96. The highest BCUT2D eigenvalue weighted by Gasteiger charge is 2.39. The number of piperidine rings is 1. The second kappa shape index (κ2) is 7.94. The summed E-state index contributed by atoms with van der Waals surface area (Å²) in [6, 6.07) is 5.53. The number of rotatable bonds is 3. The van der Waals surface area contributed by atoms with Gasteiger partial charge in [0, 0.05) is 13.6 Å². The Hall–Kier alpha value is -1.66. The van der Waals surface area contributed by atoms with E-state index in [2.05, 4.69) is 5.32 Å². The summed E-state index contributed by atoms with van der Waals surface area (Å²) in [7, 11) is 1.67. The van der Waals surface area contributed by atoms with Crippen molar-refractivity contribution in [2.75, 3.05) is 25.0 Å². The maximum Gasteiger partial charge on any atom is 0.249 e. The smallest absolute Gasteiger partial charge is 0.249 e. The minimum absolute atomic E-state index is 0. The molecule has 24 heavy (non-hydrogen) atoms. The van der Waals surface area contributed by atoms with Crippen molar-refractivity contribution in [1.82, 2.24) is 10.2 Å². The Morgan fingerprint density at radius 1 is 1.29 bits per heavy atom. The van der Waals surface area contributed by atoms with Crippen LogP contribution in [-0.2, 0) is 9.59 Å². The lowest BCUT2D eigenvalue weighted by Crippen LogP contribution is -2.52. The quantitative estimate of drug-likeness (QED) is 0.901. The van der Waals surface area contributed by atoms with Gasteiger partial charge in [0.2, 0.25) is 11.8 Å². The van der Waals surface area contributed by atoms with E-state index in [1.807, 2.05) is 0 Å². The molecule has 2 heterocycles. The van der Waals surface area contributed by atoms with Gasteiger partial charge in [0.15, 0.2) is 0 Å². The summed E-state index contributed by atoms with van der Waals surface area (Å²) in [6.07, 6.45) is 3.44. The molecule has 0 aliphatic carbocycles. The van der Waals surface area contributed by atoms with E-state index in [1.54, 1.807) is 25.2 Å². The van der Waals surface area contributed by atoms with Crippen molar-refractivity contribution in [3.8, 4) is 0 Å². The van der Waals surface area contributed by atoms with Crippen LogP contribution >= 0.6 is 12.4 Å². The minimum Gasteiger partial charge on any atom is -0.332 e. The second-order valence-corrected chi connectivity index (χ2v) is 6.20. The molecular formula is C17H23ClFN3O2. The first-order chi connectivity index (χ1) is 11.1. The van der Waals surface area contributed by atoms with Gasteiger partial charge < -0.3 is 15.1 Å². The van der Waals surface area contributed by atoms with Crippen molar-refractivity contribution in [2.24, 2.45) is 0 Å². The summed E-state index contributed by atoms with van der Waals surface area (Å²) in [6.45, 7) is 1.27. The molecule has 2 atom stereocenters. The normalized spacial score (nSPS) is 23.8. The molecule has 1 aromatic rings. The summed E-state index contributed by atoms with van der Waals surface area (Å²) in [5, 5.41) is 3.21. The molecule has 1 aromatic carbocycles. The van der Waals surface area contributed by atoms with Crippen LogP contribution in [0.3, 0.4) is 0 Å². The molecule has 0 aromatic heterocycles. The minimum atomic E-state index is -0.508. The number of amides is 2. The van der Waals surface area contributed by atoms with Crippen LogP contribution in [-0.4, -0.2) is 48.9 Å². The van der Waals surface area contributed by atoms with Crippen molar-refractivity contribution >= 4 is 29.9 Å². The largest absolute Gasteiger partial charge is 0.332 e. The third-order valence-corrected chi connectivity index (χ3v) is 4.74. The van der Waals surface area contributed by atoms with Gasteiger partial charge in [0.25, 0.3) is 0 Å². The van der Waals surface area contributed by atoms with Crippen LogP contribution in [0.15, 0.2) is 24.3 Å². The number of carbonyl (C=O) groups is 2. The van der Waals surface area contributed by atoms with Gasteiger partial charge in [0.05, 0.1) is 11.7 Å². The number of hydrogen-bond donors (Lipinski definition) is 1. The molecule has 2 fully saturated rings. The molecule has 7 heteroatoms. The average molecular weight is 356 g/mol. The number of nitrogens with one attached hydrogen (secondary N) is 1. The first-order valence-electron chi connectivity index (χ1n) is 8.15. The Bertz CT molecular complexity index is 607. The van der Waals surface area contributed by atoms with Crippen molar-refractivity contribution < 1.29 is 14.0 Å². The number of nitrogens with zero attached hydrogens (tertiary/aromatic N) is 2. The zero-order valence-corrected chi connectivity index (χ0v) is 14.5. The summed E-state index contributed by atoms with van der Waals surface area (Å²) in [5.41, 5.74) is 0.289. The number of halogens is 2. The van der Waals surface area contributed by atoms with Gasteiger partial charge in [-0.25, -0.2) is 4.39 Å². The van der Waals surface area contributed by atoms with Crippen LogP contribution in [0.2, 0.25) is 0 Å². The van der Waals surface area contributed by atoms with Crippen molar-refractivity contribution in [3.05, 3.63) is 30.1 Å². The second-order valence-electron chi connectivity index (χ2n) is 6.20. The number of anilines is 1. The van der Waals surface area contributed by atoms with E-state index in [0.29, 0.717) is 13.0 Å². The lowest BCUT2D eigenvalue weighted by molar-refractivity contribution is -0.138. The molecule has 3 rings (SSSR count). The third-order valence-electron chi connectivity index (χ3n) is 4.74. The summed E-state index contributed by atoms with van der Waals surface area (Å²) in [5.74, 6) is -0.662. The fourth-order valence-electron chi connectivity index (χ4n) is 3.40. The highest BCUT2D eigenvalue weighted by molar-refractivity contribution is 6.01. The molecule has 2 saturated heterocycles. The van der Waals surface area contributed by atoms with Gasteiger partial charge in [-0.05, 0) is 37.9 Å². The first-order valence-corrected chi connectivity index (χ1v) is 8.15. The molecule has 132 valence electrons. The van der Waals surface area contributed by atoms with Crippen molar-refractivity contribution in [3.63, 3.8) is 0 Å². The molecule has 2 aliphatic rings. The highest BCUT2D eigenvalue weighted by atomic mass is 35.5. The van der Waals surface area contributed by atoms with E-state index < -0.39 is 11.9 Å². The Morgan fingerprint density at radius 2 is 2.04 bits per heavy atom. The number of hydrogen-bond acceptors (Lipinski definition) is 3. The van der Waals surface area contributed by atoms with E-state index in [0.717, 1.165) is 25.8 Å². The van der Waals surface area contributed by atoms with Gasteiger partial charge in [-0.3, -0.25) is 9.59 Å². The van der Waals surface area contributed by atoms with Gasteiger partial charge >= 0.3 is 0 Å². The van der Waals surface area contributed by atoms with Gasteiger partial charge in [-0.15, -0.1) is 12.4 Å². The molecule has 1 N–H and O–H groups in total. The fraction of sp³-hybridized carbons (Fsp3) is 0.529. The monoisotopic (exact) mass is 355 g/mol. The van der Waals surface area contributed by atoms with Gasteiger partial charge in [-0.1, -0.05) is 18.6 Å². The van der Waals surface area contributed by atoms with Crippen molar-refractivity contribution in [1.29, 1.82) is 0 Å². The molecule has 2 aliphatic heterocycles. The Labute approximate surface area is 147 Å². The SMILES string of the molecule is CN(C(=O)C1CCCCN1)C1CCN(c2ccccc2F)C1=O.Cl. The maximum absolute atomic E-state index is 13.9. The summed E-state index contributed by atoms with van der Waals surface area (Å²) >= 11 is 0. The topological polar surface area (TPSA) is 52.7 Å². The summed E-state index contributed by atoms with van der Waals surface area (Å²) < 4.78 is 13.9. The Morgan fingerprint density at radius 3 is 2.71 bits per heavy atom. The van der Waals surface area contributed by atoms with Crippen LogP contribution in [0.4, 0.5) is 10.1 Å². The van der Waals surface area contributed by atoms with E-state index in [4.69, 9.17) is 0 Å². The molecule has 0 bridgehead atoms. The standard InChI is InChI=1S/C17H22FN3O2.ClH/c1-20(16(22)13-7-4-5-10-19-13)15-9-11-21(17(15)23)14-8-3-2-6-12(14)18;/h2-3,6,8,13,15,19H,4-5,7,9-11H2,1H3;1H. The van der Waals surface area contributed by atoms with E-state index in [9.17, 15) is 14.0 Å². The molecule has 2 amide bonds. The zero-order chi connectivity index (χ0) is 16.4. The van der Waals surface area contributed by atoms with Crippen molar-refractivity contribution in [2.45, 2.75) is 37.8 Å². The lowest BCUT2D eigenvalue weighted by atomic mass is 10.0. The molecular weight excluding hydrogens is 333 g/mol. The Kier molecular flexibility index (Phi) is 6.18. The molecule has 5 nitrogen and oxygen atoms in total. The Balaban J connectivity index is 0.00000208. The first kappa shape index (κ1) is 18.7. The predicted octanol–water partition coefficient (Wildman–Crippen LogP) is 1.95. The van der Waals surface area contributed by atoms with Crippen LogP contribution in [0.1, 0.15) is 25.7 Å². The van der Waals surface area contributed by atoms with Crippen LogP contribution in [0.25, 0.3) is 0 Å². The lowest BCUT2D eigenvalue weighted by Gasteiger charge is -2.30.